The minimum absolute atomic E-state index is 0.153. The molecule has 0 aromatic carbocycles. The predicted molar refractivity (Wildman–Crippen MR) is 55.0 cm³/mol. The molecule has 0 heterocycles. The van der Waals surface area contributed by atoms with Gasteiger partial charge in [-0.15, -0.1) is 0 Å². The molecule has 2 N–H and O–H groups in total. The normalized spacial score (nSPS) is 18.1. The van der Waals surface area contributed by atoms with Gasteiger partial charge in [-0.05, 0) is 12.8 Å². The Bertz CT molecular complexity index is 240. The molecule has 1 aliphatic rings. The minimum atomic E-state index is -4.38. The lowest BCUT2D eigenvalue weighted by Gasteiger charge is -2.22. The largest absolute Gasteiger partial charge is 0.413 e. The Balaban J connectivity index is 2.04. The van der Waals surface area contributed by atoms with Crippen molar-refractivity contribution in [3.63, 3.8) is 0 Å². The average Bonchev–Trinajstić information content (AvgIpc) is 2.25. The van der Waals surface area contributed by atoms with Crippen molar-refractivity contribution < 1.29 is 22.8 Å². The lowest BCUT2D eigenvalue weighted by atomic mass is 9.95. The maximum atomic E-state index is 11.7. The third kappa shape index (κ3) is 7.17. The number of hydrogen-bond acceptors (Lipinski definition) is 3. The van der Waals surface area contributed by atoms with E-state index in [1.165, 1.54) is 6.42 Å². The molecular formula is C10H17F3N2O2. The van der Waals surface area contributed by atoms with Gasteiger partial charge in [0, 0.05) is 6.04 Å². The van der Waals surface area contributed by atoms with E-state index in [0.717, 1.165) is 25.7 Å². The number of hydrogen-bond donors (Lipinski definition) is 2. The van der Waals surface area contributed by atoms with E-state index in [0.29, 0.717) is 0 Å². The Morgan fingerprint density at radius 2 is 1.88 bits per heavy atom. The predicted octanol–water partition coefficient (Wildman–Crippen LogP) is 1.52. The molecule has 7 heteroatoms. The first kappa shape index (κ1) is 14.2. The highest BCUT2D eigenvalue weighted by Gasteiger charge is 2.27. The second kappa shape index (κ2) is 6.80. The molecule has 17 heavy (non-hydrogen) atoms. The van der Waals surface area contributed by atoms with Crippen molar-refractivity contribution in [3.05, 3.63) is 0 Å². The molecule has 0 bridgehead atoms. The number of nitrogens with one attached hydrogen (secondary N) is 2. The van der Waals surface area contributed by atoms with E-state index in [1.807, 2.05) is 5.48 Å². The molecule has 0 saturated heterocycles. The Morgan fingerprint density at radius 3 is 2.47 bits per heavy atom. The van der Waals surface area contributed by atoms with Gasteiger partial charge in [-0.2, -0.15) is 18.7 Å². The molecule has 0 atom stereocenters. The Labute approximate surface area is 97.8 Å². The molecule has 0 unspecified atom stereocenters. The number of rotatable bonds is 5. The third-order valence-corrected chi connectivity index (χ3v) is 2.54. The van der Waals surface area contributed by atoms with Crippen LogP contribution in [0.15, 0.2) is 0 Å². The van der Waals surface area contributed by atoms with E-state index < -0.39 is 12.8 Å². The van der Waals surface area contributed by atoms with Crippen molar-refractivity contribution in [2.45, 2.75) is 44.3 Å². The van der Waals surface area contributed by atoms with Crippen LogP contribution >= 0.6 is 0 Å². The maximum Gasteiger partial charge on any atom is 0.413 e. The van der Waals surface area contributed by atoms with Crippen LogP contribution in [0.2, 0.25) is 0 Å². The average molecular weight is 254 g/mol. The van der Waals surface area contributed by atoms with Crippen LogP contribution in [0, 0.1) is 0 Å². The molecule has 1 rings (SSSR count). The fraction of sp³-hybridized carbons (Fsp3) is 0.900. The summed E-state index contributed by atoms with van der Waals surface area (Å²) in [4.78, 5) is 15.4. The van der Waals surface area contributed by atoms with Gasteiger partial charge in [-0.25, -0.2) is 0 Å². The highest BCUT2D eigenvalue weighted by Crippen LogP contribution is 2.17. The van der Waals surface area contributed by atoms with Gasteiger partial charge in [0.25, 0.3) is 0 Å². The molecule has 0 aromatic rings. The van der Waals surface area contributed by atoms with E-state index >= 15 is 0 Å². The number of carbonyl (C=O) groups excluding carboxylic acids is 1. The fourth-order valence-corrected chi connectivity index (χ4v) is 1.78. The minimum Gasteiger partial charge on any atom is -0.352 e. The zero-order valence-electron chi connectivity index (χ0n) is 9.48. The van der Waals surface area contributed by atoms with Crippen molar-refractivity contribution in [1.82, 2.24) is 10.8 Å². The van der Waals surface area contributed by atoms with Gasteiger partial charge in [0.1, 0.15) is 0 Å². The van der Waals surface area contributed by atoms with Crippen LogP contribution in [0.1, 0.15) is 32.1 Å². The lowest BCUT2D eigenvalue weighted by molar-refractivity contribution is -0.189. The summed E-state index contributed by atoms with van der Waals surface area (Å²) in [6.07, 6.45) is 0.850. The summed E-state index contributed by atoms with van der Waals surface area (Å²) in [7, 11) is 0. The van der Waals surface area contributed by atoms with E-state index in [9.17, 15) is 18.0 Å². The Kier molecular flexibility index (Phi) is 5.70. The summed E-state index contributed by atoms with van der Waals surface area (Å²) in [5.74, 6) is -0.334. The smallest absolute Gasteiger partial charge is 0.352 e. The van der Waals surface area contributed by atoms with Gasteiger partial charge >= 0.3 is 6.18 Å². The van der Waals surface area contributed by atoms with Gasteiger partial charge in [0.15, 0.2) is 6.61 Å². The number of amides is 1. The van der Waals surface area contributed by atoms with Crippen molar-refractivity contribution in [2.75, 3.05) is 13.2 Å². The number of hydroxylamine groups is 1. The molecule has 1 aliphatic carbocycles. The highest BCUT2D eigenvalue weighted by molar-refractivity contribution is 5.78. The molecule has 100 valence electrons. The van der Waals surface area contributed by atoms with Crippen LogP contribution in [-0.2, 0) is 9.63 Å². The number of alkyl halides is 3. The molecule has 1 fully saturated rings. The van der Waals surface area contributed by atoms with Crippen LogP contribution in [0.3, 0.4) is 0 Å². The molecule has 1 saturated carbocycles. The van der Waals surface area contributed by atoms with Gasteiger partial charge in [-0.1, -0.05) is 19.3 Å². The summed E-state index contributed by atoms with van der Waals surface area (Å²) < 4.78 is 35.1. The van der Waals surface area contributed by atoms with Crippen molar-refractivity contribution in [2.24, 2.45) is 0 Å². The van der Waals surface area contributed by atoms with Crippen LogP contribution in [0.5, 0.6) is 0 Å². The van der Waals surface area contributed by atoms with Gasteiger partial charge in [-0.3, -0.25) is 9.63 Å². The molecule has 4 nitrogen and oxygen atoms in total. The van der Waals surface area contributed by atoms with Crippen LogP contribution in [0.4, 0.5) is 13.2 Å². The quantitative estimate of drug-likeness (QED) is 0.577. The highest BCUT2D eigenvalue weighted by atomic mass is 19.4. The van der Waals surface area contributed by atoms with Crippen LogP contribution < -0.4 is 10.8 Å². The zero-order valence-corrected chi connectivity index (χ0v) is 9.48. The van der Waals surface area contributed by atoms with E-state index in [-0.39, 0.29) is 18.5 Å². The third-order valence-electron chi connectivity index (χ3n) is 2.54. The number of carbonyl (C=O) groups is 1. The standard InChI is InChI=1S/C10H17F3N2O2/c11-10(12,13)7-17-14-6-9(16)15-8-4-2-1-3-5-8/h8,14H,1-7H2,(H,15,16). The molecule has 1 amide bonds. The van der Waals surface area contributed by atoms with E-state index in [2.05, 4.69) is 10.2 Å². The summed E-state index contributed by atoms with van der Waals surface area (Å²) >= 11 is 0. The zero-order chi connectivity index (χ0) is 12.7. The second-order valence-electron chi connectivity index (χ2n) is 4.13. The molecule has 0 aromatic heterocycles. The van der Waals surface area contributed by atoms with Gasteiger partial charge < -0.3 is 5.32 Å². The van der Waals surface area contributed by atoms with Crippen LogP contribution in [0.25, 0.3) is 0 Å². The summed E-state index contributed by atoms with van der Waals surface area (Å²) in [6.45, 7) is -1.66. The first-order chi connectivity index (χ1) is 7.97. The number of halogens is 3. The van der Waals surface area contributed by atoms with E-state index in [4.69, 9.17) is 0 Å². The maximum absolute atomic E-state index is 11.7. The first-order valence-corrected chi connectivity index (χ1v) is 5.68. The Morgan fingerprint density at radius 1 is 1.24 bits per heavy atom. The van der Waals surface area contributed by atoms with E-state index in [1.54, 1.807) is 0 Å². The first-order valence-electron chi connectivity index (χ1n) is 5.68. The van der Waals surface area contributed by atoms with Crippen LogP contribution in [-0.4, -0.2) is 31.3 Å². The topological polar surface area (TPSA) is 50.4 Å². The van der Waals surface area contributed by atoms with Gasteiger partial charge in [0.2, 0.25) is 5.91 Å². The SMILES string of the molecule is O=C(CNOCC(F)(F)F)NC1CCCCC1. The summed E-state index contributed by atoms with van der Waals surface area (Å²) in [5, 5.41) is 2.75. The lowest BCUT2D eigenvalue weighted by Crippen LogP contribution is -2.41. The molecule has 0 radical (unpaired) electrons. The summed E-state index contributed by atoms with van der Waals surface area (Å²) in [6, 6.07) is 0.153. The summed E-state index contributed by atoms with van der Waals surface area (Å²) in [5.41, 5.74) is 2.00. The Hall–Kier alpha value is -0.820. The monoisotopic (exact) mass is 254 g/mol. The van der Waals surface area contributed by atoms with Gasteiger partial charge in [0.05, 0.1) is 6.54 Å². The second-order valence-corrected chi connectivity index (χ2v) is 4.13. The molecule has 0 aliphatic heterocycles. The van der Waals surface area contributed by atoms with Crippen molar-refractivity contribution in [3.8, 4) is 0 Å². The molecular weight excluding hydrogens is 237 g/mol. The van der Waals surface area contributed by atoms with Crippen molar-refractivity contribution >= 4 is 5.91 Å². The fourth-order valence-electron chi connectivity index (χ4n) is 1.78. The van der Waals surface area contributed by atoms with Crippen molar-refractivity contribution in [1.29, 1.82) is 0 Å². The molecule has 0 spiro atoms.